The number of aryl methyl sites for hydroxylation is 1. The summed E-state index contributed by atoms with van der Waals surface area (Å²) in [5.74, 6) is -2.16. The van der Waals surface area contributed by atoms with Gasteiger partial charge in [0.15, 0.2) is 17.4 Å². The predicted molar refractivity (Wildman–Crippen MR) is 134 cm³/mol. The van der Waals surface area contributed by atoms with E-state index in [2.05, 4.69) is 15.2 Å². The van der Waals surface area contributed by atoms with Gasteiger partial charge in [-0.1, -0.05) is 0 Å². The van der Waals surface area contributed by atoms with E-state index in [0.717, 1.165) is 12.3 Å². The number of ether oxygens (including phenoxy) is 1. The summed E-state index contributed by atoms with van der Waals surface area (Å²) in [6.07, 6.45) is 2.35. The zero-order chi connectivity index (χ0) is 28.0. The minimum absolute atomic E-state index is 0.0718. The van der Waals surface area contributed by atoms with E-state index in [1.54, 1.807) is 27.9 Å². The Hall–Kier alpha value is -4.42. The standard InChI is InChI=1S/C26H26F3N7O3/c1-14-24(25(37)33(3)4)15(2)35(32-14)23-10-22(20(29)11-30-23)39-19-12-34(13-19)26(38)36-21(5-6-31-36)16-7-17(27)9-18(28)8-16/h6-11,19,21H,5,12-13H2,1-4H3. The summed E-state index contributed by atoms with van der Waals surface area (Å²) in [7, 11) is 3.29. The zero-order valence-corrected chi connectivity index (χ0v) is 21.7. The molecule has 4 heterocycles. The predicted octanol–water partition coefficient (Wildman–Crippen LogP) is 3.62. The van der Waals surface area contributed by atoms with Crippen LogP contribution in [0.2, 0.25) is 0 Å². The zero-order valence-electron chi connectivity index (χ0n) is 21.7. The van der Waals surface area contributed by atoms with E-state index >= 15 is 0 Å². The first-order valence-electron chi connectivity index (χ1n) is 12.2. The molecule has 5 rings (SSSR count). The third-order valence-corrected chi connectivity index (χ3v) is 6.64. The Morgan fingerprint density at radius 3 is 2.41 bits per heavy atom. The molecule has 1 saturated heterocycles. The van der Waals surface area contributed by atoms with Crippen molar-refractivity contribution < 1.29 is 27.5 Å². The van der Waals surface area contributed by atoms with Gasteiger partial charge in [-0.05, 0) is 31.5 Å². The maximum atomic E-state index is 14.6. The van der Waals surface area contributed by atoms with Crippen LogP contribution in [0.5, 0.6) is 5.75 Å². The van der Waals surface area contributed by atoms with Gasteiger partial charge in [0, 0.05) is 38.9 Å². The SMILES string of the molecule is Cc1nn(-c2cc(OC3CN(C(=O)N4N=CCC4c4cc(F)cc(F)c4)C3)c(F)cn2)c(C)c1C(=O)N(C)C. The van der Waals surface area contributed by atoms with Gasteiger partial charge >= 0.3 is 6.03 Å². The van der Waals surface area contributed by atoms with Crippen LogP contribution in [0.25, 0.3) is 5.82 Å². The van der Waals surface area contributed by atoms with Gasteiger partial charge in [-0.15, -0.1) is 0 Å². The summed E-state index contributed by atoms with van der Waals surface area (Å²) in [5.41, 5.74) is 1.80. The third kappa shape index (κ3) is 4.91. The van der Waals surface area contributed by atoms with E-state index in [9.17, 15) is 22.8 Å². The van der Waals surface area contributed by atoms with Crippen LogP contribution in [0.1, 0.15) is 39.8 Å². The fourth-order valence-electron chi connectivity index (χ4n) is 4.65. The fraction of sp³-hybridized carbons (Fsp3) is 0.346. The number of benzene rings is 1. The summed E-state index contributed by atoms with van der Waals surface area (Å²) in [5, 5.41) is 9.68. The number of hydrazone groups is 1. The number of urea groups is 1. The molecule has 1 atom stereocenters. The van der Waals surface area contributed by atoms with Crippen molar-refractivity contribution in [1.29, 1.82) is 0 Å². The lowest BCUT2D eigenvalue weighted by Crippen LogP contribution is -2.58. The number of hydrogen-bond donors (Lipinski definition) is 0. The highest BCUT2D eigenvalue weighted by molar-refractivity contribution is 5.96. The summed E-state index contributed by atoms with van der Waals surface area (Å²) in [6.45, 7) is 3.76. The van der Waals surface area contributed by atoms with Crippen LogP contribution in [-0.2, 0) is 0 Å². The number of carbonyl (C=O) groups excluding carboxylic acids is 2. The van der Waals surface area contributed by atoms with Gasteiger partial charge in [-0.2, -0.15) is 10.2 Å². The van der Waals surface area contributed by atoms with E-state index in [4.69, 9.17) is 4.74 Å². The Kier molecular flexibility index (Phi) is 6.74. The summed E-state index contributed by atoms with van der Waals surface area (Å²) in [4.78, 5) is 32.6. The molecule has 1 fully saturated rings. The average Bonchev–Trinajstić information content (AvgIpc) is 3.45. The van der Waals surface area contributed by atoms with E-state index in [1.165, 1.54) is 43.9 Å². The molecule has 2 aromatic heterocycles. The normalized spacial score (nSPS) is 16.9. The molecule has 10 nitrogen and oxygen atoms in total. The Labute approximate surface area is 222 Å². The Morgan fingerprint density at radius 2 is 1.74 bits per heavy atom. The highest BCUT2D eigenvalue weighted by atomic mass is 19.1. The highest BCUT2D eigenvalue weighted by Crippen LogP contribution is 2.32. The number of halogens is 3. The Balaban J connectivity index is 1.27. The summed E-state index contributed by atoms with van der Waals surface area (Å²) in [6, 6.07) is 3.43. The number of rotatable bonds is 5. The minimum atomic E-state index is -0.735. The second kappa shape index (κ2) is 10.0. The van der Waals surface area contributed by atoms with Crippen LogP contribution < -0.4 is 4.74 Å². The smallest absolute Gasteiger partial charge is 0.341 e. The second-order valence-electron chi connectivity index (χ2n) is 9.65. The van der Waals surface area contributed by atoms with Gasteiger partial charge in [-0.25, -0.2) is 32.6 Å². The molecule has 0 radical (unpaired) electrons. The van der Waals surface area contributed by atoms with Crippen molar-refractivity contribution in [2.45, 2.75) is 32.4 Å². The number of aromatic nitrogens is 3. The molecule has 0 N–H and O–H groups in total. The highest BCUT2D eigenvalue weighted by Gasteiger charge is 2.39. The Bertz CT molecular complexity index is 1460. The van der Waals surface area contributed by atoms with Gasteiger partial charge in [0.1, 0.15) is 17.7 Å². The van der Waals surface area contributed by atoms with Crippen LogP contribution in [-0.4, -0.2) is 81.0 Å². The van der Waals surface area contributed by atoms with Crippen molar-refractivity contribution in [2.75, 3.05) is 27.2 Å². The molecule has 0 spiro atoms. The fourth-order valence-corrected chi connectivity index (χ4v) is 4.65. The molecule has 204 valence electrons. The summed E-state index contributed by atoms with van der Waals surface area (Å²) >= 11 is 0. The molecular weight excluding hydrogens is 515 g/mol. The lowest BCUT2D eigenvalue weighted by molar-refractivity contribution is 0.0256. The lowest BCUT2D eigenvalue weighted by Gasteiger charge is -2.41. The van der Waals surface area contributed by atoms with Gasteiger partial charge in [0.05, 0.1) is 42.3 Å². The van der Waals surface area contributed by atoms with Gasteiger partial charge < -0.3 is 14.5 Å². The van der Waals surface area contributed by atoms with Crippen molar-refractivity contribution in [2.24, 2.45) is 5.10 Å². The van der Waals surface area contributed by atoms with Gasteiger partial charge in [0.2, 0.25) is 0 Å². The van der Waals surface area contributed by atoms with Crippen LogP contribution in [0, 0.1) is 31.3 Å². The van der Waals surface area contributed by atoms with E-state index in [-0.39, 0.29) is 30.6 Å². The molecule has 1 unspecified atom stereocenters. The van der Waals surface area contributed by atoms with E-state index < -0.39 is 35.6 Å². The van der Waals surface area contributed by atoms with Crippen LogP contribution in [0.3, 0.4) is 0 Å². The summed E-state index contributed by atoms with van der Waals surface area (Å²) < 4.78 is 49.3. The number of likely N-dealkylation sites (tertiary alicyclic amines) is 1. The topological polar surface area (TPSA) is 96.2 Å². The Morgan fingerprint density at radius 1 is 1.05 bits per heavy atom. The van der Waals surface area contributed by atoms with Crippen LogP contribution in [0.4, 0.5) is 18.0 Å². The quantitative estimate of drug-likeness (QED) is 0.492. The first kappa shape index (κ1) is 26.2. The second-order valence-corrected chi connectivity index (χ2v) is 9.65. The maximum absolute atomic E-state index is 14.6. The first-order valence-corrected chi connectivity index (χ1v) is 12.2. The van der Waals surface area contributed by atoms with E-state index in [1.807, 2.05) is 0 Å². The molecule has 2 aliphatic rings. The molecule has 3 aromatic rings. The van der Waals surface area contributed by atoms with Crippen molar-refractivity contribution in [3.63, 3.8) is 0 Å². The number of pyridine rings is 1. The van der Waals surface area contributed by atoms with Crippen molar-refractivity contribution in [1.82, 2.24) is 29.6 Å². The van der Waals surface area contributed by atoms with Gasteiger partial charge in [-0.3, -0.25) is 4.79 Å². The molecule has 0 bridgehead atoms. The lowest BCUT2D eigenvalue weighted by atomic mass is 10.0. The van der Waals surface area contributed by atoms with Gasteiger partial charge in [0.25, 0.3) is 5.91 Å². The van der Waals surface area contributed by atoms with Crippen molar-refractivity contribution in [3.05, 3.63) is 70.4 Å². The average molecular weight is 542 g/mol. The van der Waals surface area contributed by atoms with Crippen LogP contribution >= 0.6 is 0 Å². The molecular formula is C26H26F3N7O3. The largest absolute Gasteiger partial charge is 0.483 e. The van der Waals surface area contributed by atoms with E-state index in [0.29, 0.717) is 28.9 Å². The van der Waals surface area contributed by atoms with Crippen molar-refractivity contribution >= 4 is 18.2 Å². The number of carbonyl (C=O) groups is 2. The number of amides is 3. The monoisotopic (exact) mass is 541 g/mol. The molecule has 0 saturated carbocycles. The third-order valence-electron chi connectivity index (χ3n) is 6.64. The molecule has 0 aliphatic carbocycles. The van der Waals surface area contributed by atoms with Crippen molar-refractivity contribution in [3.8, 4) is 11.6 Å². The molecule has 39 heavy (non-hydrogen) atoms. The maximum Gasteiger partial charge on any atom is 0.341 e. The molecule has 3 amide bonds. The molecule has 2 aliphatic heterocycles. The first-order chi connectivity index (χ1) is 18.5. The van der Waals surface area contributed by atoms with Crippen LogP contribution in [0.15, 0.2) is 35.6 Å². The number of hydrogen-bond acceptors (Lipinski definition) is 6. The minimum Gasteiger partial charge on any atom is -0.483 e. The molecule has 13 heteroatoms. The number of nitrogens with zero attached hydrogens (tertiary/aromatic N) is 7. The molecule has 1 aromatic carbocycles.